The van der Waals surface area contributed by atoms with E-state index < -0.39 is 5.41 Å². The van der Waals surface area contributed by atoms with Crippen LogP contribution in [0.1, 0.15) is 34.7 Å². The van der Waals surface area contributed by atoms with Crippen LogP contribution in [-0.2, 0) is 5.41 Å². The maximum absolute atomic E-state index is 5.57. The predicted molar refractivity (Wildman–Crippen MR) is 252 cm³/mol. The highest BCUT2D eigenvalue weighted by Gasteiger charge is 2.52. The van der Waals surface area contributed by atoms with Crippen LogP contribution in [0.25, 0.3) is 93.7 Å². The van der Waals surface area contributed by atoms with Crippen molar-refractivity contribution >= 4 is 48.8 Å². The van der Waals surface area contributed by atoms with E-state index in [4.69, 9.17) is 9.97 Å². The molecule has 2 aliphatic carbocycles. The summed E-state index contributed by atoms with van der Waals surface area (Å²) in [6.07, 6.45) is 7.89. The van der Waals surface area contributed by atoms with Crippen molar-refractivity contribution < 1.29 is 0 Å². The van der Waals surface area contributed by atoms with Gasteiger partial charge in [-0.15, -0.1) is 0 Å². The summed E-state index contributed by atoms with van der Waals surface area (Å²) < 4.78 is 0. The summed E-state index contributed by atoms with van der Waals surface area (Å²) in [5.41, 5.74) is 16.0. The van der Waals surface area contributed by atoms with Gasteiger partial charge in [-0.3, -0.25) is 0 Å². The Morgan fingerprint density at radius 2 is 1.08 bits per heavy atom. The molecule has 0 aliphatic heterocycles. The van der Waals surface area contributed by atoms with E-state index in [0.29, 0.717) is 0 Å². The van der Waals surface area contributed by atoms with Crippen LogP contribution in [0, 0.1) is 0 Å². The van der Waals surface area contributed by atoms with E-state index in [9.17, 15) is 0 Å². The first-order valence-corrected chi connectivity index (χ1v) is 20.7. The molecule has 0 saturated carbocycles. The number of aromatic nitrogens is 2. The van der Waals surface area contributed by atoms with E-state index in [-0.39, 0.29) is 0 Å². The van der Waals surface area contributed by atoms with Crippen LogP contribution in [0.15, 0.2) is 207 Å². The smallest absolute Gasteiger partial charge is 0.161 e. The van der Waals surface area contributed by atoms with Gasteiger partial charge in [-0.05, 0) is 120 Å². The Hall–Kier alpha value is -7.68. The Morgan fingerprint density at radius 3 is 1.78 bits per heavy atom. The van der Waals surface area contributed by atoms with E-state index in [1.807, 2.05) is 12.2 Å². The minimum atomic E-state index is -0.533. The SMILES string of the molecule is C=C/C=C\C=C(/C)c1ccc(-c2nc(-c3cccc4c3-c3ccccc3C43c4cc5ccccc5cc4-c4cc5ccccc5cc43)nc3c2ccc2ccccc23)cc1. The fourth-order valence-corrected chi connectivity index (χ4v) is 10.3. The molecule has 2 heteroatoms. The first kappa shape index (κ1) is 34.4. The van der Waals surface area contributed by atoms with Crippen molar-refractivity contribution in [3.8, 4) is 44.9 Å². The third kappa shape index (κ3) is 4.88. The molecule has 9 aromatic carbocycles. The number of rotatable bonds is 5. The maximum Gasteiger partial charge on any atom is 0.161 e. The molecule has 1 spiro atoms. The summed E-state index contributed by atoms with van der Waals surface area (Å²) in [4.78, 5) is 11.1. The Morgan fingerprint density at radius 1 is 0.483 bits per heavy atom. The summed E-state index contributed by atoms with van der Waals surface area (Å²) in [5, 5.41) is 8.30. The highest BCUT2D eigenvalue weighted by molar-refractivity contribution is 6.11. The zero-order valence-electron chi connectivity index (χ0n) is 33.2. The van der Waals surface area contributed by atoms with Crippen molar-refractivity contribution in [2.75, 3.05) is 0 Å². The van der Waals surface area contributed by atoms with Gasteiger partial charge in [0.1, 0.15) is 0 Å². The second-order valence-corrected chi connectivity index (χ2v) is 16.1. The largest absolute Gasteiger partial charge is 0.227 e. The third-order valence-electron chi connectivity index (χ3n) is 13.0. The Labute approximate surface area is 349 Å². The predicted octanol–water partition coefficient (Wildman–Crippen LogP) is 14.9. The van der Waals surface area contributed by atoms with E-state index in [1.54, 1.807) is 6.08 Å². The second kappa shape index (κ2) is 13.2. The van der Waals surface area contributed by atoms with Crippen LogP contribution in [0.3, 0.4) is 0 Å². The molecule has 1 heterocycles. The molecule has 280 valence electrons. The van der Waals surface area contributed by atoms with E-state index in [2.05, 4.69) is 196 Å². The Balaban J connectivity index is 1.15. The van der Waals surface area contributed by atoms with Gasteiger partial charge in [0, 0.05) is 21.9 Å². The molecule has 0 atom stereocenters. The number of nitrogens with zero attached hydrogens (tertiary/aromatic N) is 2. The molecule has 1 aromatic heterocycles. The van der Waals surface area contributed by atoms with Gasteiger partial charge in [0.05, 0.1) is 16.6 Å². The molecule has 0 saturated heterocycles. The minimum absolute atomic E-state index is 0.533. The Bertz CT molecular complexity index is 3430. The molecule has 12 rings (SSSR count). The lowest BCUT2D eigenvalue weighted by molar-refractivity contribution is 0.796. The lowest BCUT2D eigenvalue weighted by Crippen LogP contribution is -2.26. The first-order chi connectivity index (χ1) is 29.6. The van der Waals surface area contributed by atoms with Gasteiger partial charge < -0.3 is 0 Å². The molecule has 60 heavy (non-hydrogen) atoms. The van der Waals surface area contributed by atoms with Crippen LogP contribution >= 0.6 is 0 Å². The summed E-state index contributed by atoms with van der Waals surface area (Å²) >= 11 is 0. The second-order valence-electron chi connectivity index (χ2n) is 16.1. The van der Waals surface area contributed by atoms with Crippen molar-refractivity contribution in [2.24, 2.45) is 0 Å². The lowest BCUT2D eigenvalue weighted by atomic mass is 9.70. The van der Waals surface area contributed by atoms with Crippen molar-refractivity contribution in [3.63, 3.8) is 0 Å². The van der Waals surface area contributed by atoms with Gasteiger partial charge >= 0.3 is 0 Å². The topological polar surface area (TPSA) is 25.8 Å². The van der Waals surface area contributed by atoms with Crippen molar-refractivity contribution in [1.29, 1.82) is 0 Å². The standard InChI is InChI=1S/C58H38N2/c1-3-4-5-15-36(2)37-26-28-39(29-27-37)55-47-31-30-38-16-10-11-21-44(38)56(47)60-57(59-55)46-23-14-25-51-54(46)45-22-12-13-24-50(45)58(51)52-34-42-19-8-6-17-40(42)32-48(52)49-33-41-18-7-9-20-43(41)35-53(49)58/h3-35H,1H2,2H3/b5-4-,36-15+. The summed E-state index contributed by atoms with van der Waals surface area (Å²) in [6.45, 7) is 5.94. The molecular weight excluding hydrogens is 725 g/mol. The lowest BCUT2D eigenvalue weighted by Gasteiger charge is -2.31. The number of hydrogen-bond acceptors (Lipinski definition) is 2. The summed E-state index contributed by atoms with van der Waals surface area (Å²) in [6, 6.07) is 64.9. The summed E-state index contributed by atoms with van der Waals surface area (Å²) in [7, 11) is 0. The van der Waals surface area contributed by atoms with E-state index in [1.165, 1.54) is 71.6 Å². The zero-order chi connectivity index (χ0) is 40.0. The van der Waals surface area contributed by atoms with Crippen LogP contribution in [-0.4, -0.2) is 9.97 Å². The average molecular weight is 763 g/mol. The zero-order valence-corrected chi connectivity index (χ0v) is 33.2. The van der Waals surface area contributed by atoms with Gasteiger partial charge in [-0.1, -0.05) is 176 Å². The highest BCUT2D eigenvalue weighted by Crippen LogP contribution is 2.64. The fourth-order valence-electron chi connectivity index (χ4n) is 10.3. The molecule has 0 unspecified atom stereocenters. The van der Waals surface area contributed by atoms with Gasteiger partial charge in [-0.25, -0.2) is 9.97 Å². The quantitative estimate of drug-likeness (QED) is 0.129. The normalized spacial score (nSPS) is 13.7. The van der Waals surface area contributed by atoms with E-state index >= 15 is 0 Å². The van der Waals surface area contributed by atoms with Crippen LogP contribution in [0.2, 0.25) is 0 Å². The van der Waals surface area contributed by atoms with E-state index in [0.717, 1.165) is 49.9 Å². The summed E-state index contributed by atoms with van der Waals surface area (Å²) in [5.74, 6) is 0.725. The average Bonchev–Trinajstić information content (AvgIpc) is 3.76. The van der Waals surface area contributed by atoms with Gasteiger partial charge in [0.25, 0.3) is 0 Å². The molecular formula is C58H38N2. The molecule has 0 N–H and O–H groups in total. The number of hydrogen-bond donors (Lipinski definition) is 0. The van der Waals surface area contributed by atoms with Crippen LogP contribution in [0.5, 0.6) is 0 Å². The molecule has 10 aromatic rings. The molecule has 0 bridgehead atoms. The Kier molecular flexibility index (Phi) is 7.55. The van der Waals surface area contributed by atoms with Crippen molar-refractivity contribution in [2.45, 2.75) is 12.3 Å². The van der Waals surface area contributed by atoms with Crippen molar-refractivity contribution in [1.82, 2.24) is 9.97 Å². The molecule has 0 fully saturated rings. The first-order valence-electron chi connectivity index (χ1n) is 20.7. The molecule has 2 nitrogen and oxygen atoms in total. The molecule has 0 radical (unpaired) electrons. The number of fused-ring (bicyclic) bond motifs is 15. The number of benzene rings is 9. The highest BCUT2D eigenvalue weighted by atomic mass is 14.9. The maximum atomic E-state index is 5.57. The minimum Gasteiger partial charge on any atom is -0.227 e. The third-order valence-corrected chi connectivity index (χ3v) is 13.0. The van der Waals surface area contributed by atoms with Crippen LogP contribution < -0.4 is 0 Å². The molecule has 0 amide bonds. The van der Waals surface area contributed by atoms with Gasteiger partial charge in [-0.2, -0.15) is 0 Å². The fraction of sp³-hybridized carbons (Fsp3) is 0.0345. The van der Waals surface area contributed by atoms with Crippen LogP contribution in [0.4, 0.5) is 0 Å². The number of allylic oxidation sites excluding steroid dienone is 5. The van der Waals surface area contributed by atoms with Crippen molar-refractivity contribution in [3.05, 3.63) is 235 Å². The molecule has 2 aliphatic rings. The van der Waals surface area contributed by atoms with Gasteiger partial charge in [0.15, 0.2) is 5.82 Å². The van der Waals surface area contributed by atoms with Gasteiger partial charge in [0.2, 0.25) is 0 Å². The monoisotopic (exact) mass is 762 g/mol.